The first-order chi connectivity index (χ1) is 20.5. The summed E-state index contributed by atoms with van der Waals surface area (Å²) < 4.78 is 0. The van der Waals surface area contributed by atoms with E-state index in [2.05, 4.69) is 183 Å². The lowest BCUT2D eigenvalue weighted by atomic mass is 9.98. The fourth-order valence-corrected chi connectivity index (χ4v) is 5.64. The fraction of sp³-hybridized carbons (Fsp3) is 0.100. The molecule has 2 heteroatoms. The molecular weight excluding hydrogens is 508 g/mol. The third-order valence-electron chi connectivity index (χ3n) is 8.00. The molecule has 42 heavy (non-hydrogen) atoms. The van der Waals surface area contributed by atoms with E-state index >= 15 is 0 Å². The zero-order valence-corrected chi connectivity index (χ0v) is 24.8. The van der Waals surface area contributed by atoms with E-state index in [9.17, 15) is 0 Å². The smallest absolute Gasteiger partial charge is 0.0491 e. The number of para-hydroxylation sites is 2. The summed E-state index contributed by atoms with van der Waals surface area (Å²) in [6, 6.07) is 52.3. The maximum atomic E-state index is 2.35. The van der Waals surface area contributed by atoms with Crippen LogP contribution in [0.3, 0.4) is 0 Å². The van der Waals surface area contributed by atoms with Crippen molar-refractivity contribution in [2.45, 2.75) is 20.8 Å². The Morgan fingerprint density at radius 2 is 0.810 bits per heavy atom. The second-order valence-electron chi connectivity index (χ2n) is 11.0. The summed E-state index contributed by atoms with van der Waals surface area (Å²) in [6.45, 7) is 6.52. The van der Waals surface area contributed by atoms with Gasteiger partial charge in [-0.15, -0.1) is 0 Å². The predicted octanol–water partition coefficient (Wildman–Crippen LogP) is 11.2. The van der Waals surface area contributed by atoms with Gasteiger partial charge in [-0.3, -0.25) is 0 Å². The number of nitrogens with zero attached hydrogens (tertiary/aromatic N) is 2. The lowest BCUT2D eigenvalue weighted by Gasteiger charge is -2.27. The number of benzene rings is 6. The van der Waals surface area contributed by atoms with Gasteiger partial charge in [0.15, 0.2) is 0 Å². The number of hydrogen-bond acceptors (Lipinski definition) is 2. The van der Waals surface area contributed by atoms with E-state index in [-0.39, 0.29) is 0 Å². The molecule has 0 aliphatic rings. The highest BCUT2D eigenvalue weighted by Gasteiger charge is 2.16. The monoisotopic (exact) mass is 544 g/mol. The number of anilines is 5. The van der Waals surface area contributed by atoms with E-state index in [4.69, 9.17) is 0 Å². The van der Waals surface area contributed by atoms with E-state index < -0.39 is 0 Å². The van der Waals surface area contributed by atoms with Crippen molar-refractivity contribution < 1.29 is 0 Å². The summed E-state index contributed by atoms with van der Waals surface area (Å²) in [5.74, 6) is 0. The van der Waals surface area contributed by atoms with Gasteiger partial charge >= 0.3 is 0 Å². The van der Waals surface area contributed by atoms with Crippen LogP contribution in [0.5, 0.6) is 0 Å². The SMILES string of the molecule is Cc1ccc(-c2ccc(N(c3ccccc3)c3ccc(-c4ccc(N(C)c5ccccc5)c(C)c4)cc3C)cc2)cc1. The third-order valence-corrected chi connectivity index (χ3v) is 8.00. The van der Waals surface area contributed by atoms with Gasteiger partial charge in [-0.1, -0.05) is 90.5 Å². The van der Waals surface area contributed by atoms with E-state index in [0.29, 0.717) is 0 Å². The van der Waals surface area contributed by atoms with Gasteiger partial charge in [0, 0.05) is 35.5 Å². The standard InChI is InChI=1S/C40H36N2/c1-29-15-17-32(18-16-29)33-19-23-38(24-20-33)42(37-13-9-6-10-14-37)40-26-22-35(28-31(40)3)34-21-25-39(30(2)27-34)41(4)36-11-7-5-8-12-36/h5-28H,1-4H3. The highest BCUT2D eigenvalue weighted by Crippen LogP contribution is 2.39. The highest BCUT2D eigenvalue weighted by molar-refractivity contribution is 5.82. The Morgan fingerprint density at radius 3 is 1.33 bits per heavy atom. The molecule has 0 amide bonds. The van der Waals surface area contributed by atoms with E-state index in [1.54, 1.807) is 0 Å². The molecule has 0 spiro atoms. The number of rotatable bonds is 7. The minimum atomic E-state index is 1.14. The fourth-order valence-electron chi connectivity index (χ4n) is 5.64. The van der Waals surface area contributed by atoms with Crippen molar-refractivity contribution in [2.75, 3.05) is 16.8 Å². The topological polar surface area (TPSA) is 6.48 Å². The molecule has 206 valence electrons. The zero-order chi connectivity index (χ0) is 29.1. The van der Waals surface area contributed by atoms with E-state index in [1.807, 2.05) is 0 Å². The molecule has 0 saturated carbocycles. The summed E-state index contributed by atoms with van der Waals surface area (Å²) in [6.07, 6.45) is 0. The van der Waals surface area contributed by atoms with Crippen molar-refractivity contribution in [3.63, 3.8) is 0 Å². The van der Waals surface area contributed by atoms with Crippen LogP contribution < -0.4 is 9.80 Å². The van der Waals surface area contributed by atoms with Crippen LogP contribution in [-0.2, 0) is 0 Å². The highest BCUT2D eigenvalue weighted by atomic mass is 15.1. The first-order valence-corrected chi connectivity index (χ1v) is 14.5. The zero-order valence-electron chi connectivity index (χ0n) is 24.8. The maximum Gasteiger partial charge on any atom is 0.0491 e. The van der Waals surface area contributed by atoms with E-state index in [0.717, 1.165) is 11.4 Å². The first kappa shape index (κ1) is 27.1. The second kappa shape index (κ2) is 11.8. The van der Waals surface area contributed by atoms with Gasteiger partial charge in [-0.2, -0.15) is 0 Å². The molecule has 0 radical (unpaired) electrons. The molecule has 0 aromatic heterocycles. The molecular formula is C40H36N2. The molecule has 0 N–H and O–H groups in total. The molecule has 0 aliphatic heterocycles. The Bertz CT molecular complexity index is 1790. The van der Waals surface area contributed by atoms with Crippen molar-refractivity contribution in [2.24, 2.45) is 0 Å². The van der Waals surface area contributed by atoms with Crippen molar-refractivity contribution in [3.05, 3.63) is 162 Å². The van der Waals surface area contributed by atoms with E-state index in [1.165, 1.54) is 56.0 Å². The molecule has 6 aromatic rings. The molecule has 6 aromatic carbocycles. The van der Waals surface area contributed by atoms with Gasteiger partial charge < -0.3 is 9.80 Å². The molecule has 0 fully saturated rings. The van der Waals surface area contributed by atoms with Crippen molar-refractivity contribution in [1.82, 2.24) is 0 Å². The largest absolute Gasteiger partial charge is 0.344 e. The second-order valence-corrected chi connectivity index (χ2v) is 11.0. The third kappa shape index (κ3) is 5.57. The minimum Gasteiger partial charge on any atom is -0.344 e. The van der Waals surface area contributed by atoms with Crippen molar-refractivity contribution in [1.29, 1.82) is 0 Å². The minimum absolute atomic E-state index is 1.14. The average Bonchev–Trinajstić information content (AvgIpc) is 3.03. The van der Waals surface area contributed by atoms with Gasteiger partial charge in [0.1, 0.15) is 0 Å². The Labute approximate surface area is 250 Å². The Morgan fingerprint density at radius 1 is 0.381 bits per heavy atom. The predicted molar refractivity (Wildman–Crippen MR) is 181 cm³/mol. The van der Waals surface area contributed by atoms with Crippen LogP contribution in [-0.4, -0.2) is 7.05 Å². The lowest BCUT2D eigenvalue weighted by Crippen LogP contribution is -2.11. The lowest BCUT2D eigenvalue weighted by molar-refractivity contribution is 1.18. The maximum absolute atomic E-state index is 2.35. The Kier molecular flexibility index (Phi) is 7.62. The molecule has 0 bridgehead atoms. The van der Waals surface area contributed by atoms with Crippen LogP contribution in [0.25, 0.3) is 22.3 Å². The molecule has 6 rings (SSSR count). The van der Waals surface area contributed by atoms with Gasteiger partial charge in [0.2, 0.25) is 0 Å². The van der Waals surface area contributed by atoms with Crippen LogP contribution in [0, 0.1) is 20.8 Å². The number of hydrogen-bond donors (Lipinski definition) is 0. The van der Waals surface area contributed by atoms with Crippen LogP contribution >= 0.6 is 0 Å². The van der Waals surface area contributed by atoms with Crippen molar-refractivity contribution >= 4 is 28.4 Å². The van der Waals surface area contributed by atoms with Crippen LogP contribution in [0.15, 0.2) is 146 Å². The summed E-state index contributed by atoms with van der Waals surface area (Å²) in [5, 5.41) is 0. The first-order valence-electron chi connectivity index (χ1n) is 14.5. The summed E-state index contributed by atoms with van der Waals surface area (Å²) >= 11 is 0. The van der Waals surface area contributed by atoms with Gasteiger partial charge in [0.05, 0.1) is 0 Å². The average molecular weight is 545 g/mol. The molecule has 0 unspecified atom stereocenters. The van der Waals surface area contributed by atoms with Gasteiger partial charge in [-0.05, 0) is 115 Å². The summed E-state index contributed by atoms with van der Waals surface area (Å²) in [4.78, 5) is 4.59. The summed E-state index contributed by atoms with van der Waals surface area (Å²) in [7, 11) is 2.13. The molecule has 2 nitrogen and oxygen atoms in total. The quantitative estimate of drug-likeness (QED) is 0.197. The number of aryl methyl sites for hydroxylation is 3. The van der Waals surface area contributed by atoms with Crippen LogP contribution in [0.2, 0.25) is 0 Å². The van der Waals surface area contributed by atoms with Crippen molar-refractivity contribution in [3.8, 4) is 22.3 Å². The molecule has 0 aliphatic carbocycles. The normalized spacial score (nSPS) is 10.9. The molecule has 0 heterocycles. The Balaban J connectivity index is 1.33. The Hall–Kier alpha value is -5.08. The van der Waals surface area contributed by atoms with Crippen LogP contribution in [0.4, 0.5) is 28.4 Å². The summed E-state index contributed by atoms with van der Waals surface area (Å²) in [5.41, 5.74) is 14.5. The molecule has 0 saturated heterocycles. The van der Waals surface area contributed by atoms with Gasteiger partial charge in [-0.25, -0.2) is 0 Å². The van der Waals surface area contributed by atoms with Gasteiger partial charge in [0.25, 0.3) is 0 Å². The molecule has 0 atom stereocenters. The van der Waals surface area contributed by atoms with Crippen LogP contribution in [0.1, 0.15) is 16.7 Å².